The minimum Gasteiger partial charge on any atom is -0.494 e. The van der Waals surface area contributed by atoms with Crippen molar-refractivity contribution in [2.75, 3.05) is 13.2 Å². The van der Waals surface area contributed by atoms with Gasteiger partial charge in [-0.1, -0.05) is 56.3 Å². The first kappa shape index (κ1) is 20.2. The van der Waals surface area contributed by atoms with Crippen LogP contribution in [0.5, 0.6) is 5.75 Å². The molecule has 28 heavy (non-hydrogen) atoms. The fourth-order valence-electron chi connectivity index (χ4n) is 3.15. The molecule has 0 saturated carbocycles. The lowest BCUT2D eigenvalue weighted by molar-refractivity contribution is 0.113. The monoisotopic (exact) mass is 378 g/mol. The van der Waals surface area contributed by atoms with Crippen molar-refractivity contribution in [1.82, 2.24) is 10.2 Å². The number of unbranched alkanes of at least 4 members (excludes halogenated alkanes) is 1. The molecule has 0 fully saturated rings. The molecule has 3 rings (SSSR count). The van der Waals surface area contributed by atoms with E-state index in [1.165, 1.54) is 22.4 Å². The molecule has 1 aromatic heterocycles. The van der Waals surface area contributed by atoms with E-state index in [0.717, 1.165) is 31.6 Å². The summed E-state index contributed by atoms with van der Waals surface area (Å²) >= 11 is 0. The fraction of sp³-hybridized carbons (Fsp3) is 0.375. The van der Waals surface area contributed by atoms with Crippen LogP contribution in [0, 0.1) is 0 Å². The number of hydrogen-bond donors (Lipinski definition) is 1. The molecule has 0 bridgehead atoms. The second-order valence-electron chi connectivity index (χ2n) is 7.38. The Hall–Kier alpha value is -2.59. The Bertz CT molecular complexity index is 810. The summed E-state index contributed by atoms with van der Waals surface area (Å²) in [5.41, 5.74) is 4.97. The molecular weight excluding hydrogens is 348 g/mol. The summed E-state index contributed by atoms with van der Waals surface area (Å²) in [6, 6.07) is 18.6. The van der Waals surface area contributed by atoms with Crippen LogP contribution in [0.25, 0.3) is 0 Å². The van der Waals surface area contributed by atoms with Crippen molar-refractivity contribution in [2.45, 2.75) is 45.6 Å². The molecule has 0 aliphatic rings. The molecule has 1 heterocycles. The van der Waals surface area contributed by atoms with Gasteiger partial charge in [-0.15, -0.1) is 0 Å². The lowest BCUT2D eigenvalue weighted by Gasteiger charge is -2.09. The first-order chi connectivity index (χ1) is 13.7. The summed E-state index contributed by atoms with van der Waals surface area (Å²) < 4.78 is 11.5. The number of aromatic amines is 1. The number of hydrogen-bond acceptors (Lipinski definition) is 3. The number of H-pyrrole nitrogens is 1. The predicted molar refractivity (Wildman–Crippen MR) is 113 cm³/mol. The maximum Gasteiger partial charge on any atom is 0.119 e. The second-order valence-corrected chi connectivity index (χ2v) is 7.38. The van der Waals surface area contributed by atoms with Crippen LogP contribution in [-0.2, 0) is 17.8 Å². The van der Waals surface area contributed by atoms with Gasteiger partial charge in [0, 0.05) is 18.7 Å². The van der Waals surface area contributed by atoms with E-state index in [9.17, 15) is 0 Å². The summed E-state index contributed by atoms with van der Waals surface area (Å²) in [6.07, 6.45) is 4.81. The van der Waals surface area contributed by atoms with Gasteiger partial charge in [0.25, 0.3) is 0 Å². The molecule has 148 valence electrons. The number of benzene rings is 2. The van der Waals surface area contributed by atoms with Crippen LogP contribution in [-0.4, -0.2) is 23.4 Å². The maximum atomic E-state index is 5.85. The Morgan fingerprint density at radius 2 is 1.64 bits per heavy atom. The van der Waals surface area contributed by atoms with Gasteiger partial charge in [-0.3, -0.25) is 5.10 Å². The van der Waals surface area contributed by atoms with E-state index < -0.39 is 0 Å². The highest BCUT2D eigenvalue weighted by Crippen LogP contribution is 2.21. The lowest BCUT2D eigenvalue weighted by atomic mass is 10.0. The van der Waals surface area contributed by atoms with Crippen molar-refractivity contribution in [3.8, 4) is 5.75 Å². The third kappa shape index (κ3) is 6.24. The highest BCUT2D eigenvalue weighted by atomic mass is 16.5. The third-order valence-electron chi connectivity index (χ3n) is 4.71. The first-order valence-electron chi connectivity index (χ1n) is 10.1. The van der Waals surface area contributed by atoms with Crippen LogP contribution in [0.3, 0.4) is 0 Å². The molecule has 0 atom stereocenters. The lowest BCUT2D eigenvalue weighted by Crippen LogP contribution is -2.01. The fourth-order valence-corrected chi connectivity index (χ4v) is 3.15. The average molecular weight is 379 g/mol. The normalized spacial score (nSPS) is 11.1. The summed E-state index contributed by atoms with van der Waals surface area (Å²) in [6.45, 7) is 6.52. The summed E-state index contributed by atoms with van der Waals surface area (Å²) in [4.78, 5) is 0. The zero-order valence-electron chi connectivity index (χ0n) is 16.9. The van der Waals surface area contributed by atoms with Crippen molar-refractivity contribution in [1.29, 1.82) is 0 Å². The van der Waals surface area contributed by atoms with E-state index in [1.54, 1.807) is 0 Å². The summed E-state index contributed by atoms with van der Waals surface area (Å²) in [5.74, 6) is 1.38. The van der Waals surface area contributed by atoms with Crippen molar-refractivity contribution in [3.63, 3.8) is 0 Å². The number of aromatic nitrogens is 2. The zero-order valence-corrected chi connectivity index (χ0v) is 16.9. The van der Waals surface area contributed by atoms with Crippen LogP contribution in [0.15, 0.2) is 60.8 Å². The minimum absolute atomic E-state index is 0.455. The first-order valence-corrected chi connectivity index (χ1v) is 10.1. The molecule has 4 nitrogen and oxygen atoms in total. The summed E-state index contributed by atoms with van der Waals surface area (Å²) in [5, 5.41) is 7.30. The molecule has 0 unspecified atom stereocenters. The van der Waals surface area contributed by atoms with Crippen LogP contribution in [0.2, 0.25) is 0 Å². The highest BCUT2D eigenvalue weighted by Gasteiger charge is 2.09. The van der Waals surface area contributed by atoms with E-state index in [-0.39, 0.29) is 0 Å². The standard InChI is InChI=1S/C24H30N2O2/c1-19(2)24-22(17-25-26-24)16-20-10-12-23(13-11-20)28-15-7-6-14-27-18-21-8-4-3-5-9-21/h3-5,8-13,17,19H,6-7,14-16,18H2,1-2H3,(H,25,26). The van der Waals surface area contributed by atoms with Gasteiger partial charge >= 0.3 is 0 Å². The molecule has 0 aliphatic heterocycles. The van der Waals surface area contributed by atoms with Crippen molar-refractivity contribution in [2.24, 2.45) is 0 Å². The van der Waals surface area contributed by atoms with Gasteiger partial charge in [-0.05, 0) is 47.6 Å². The average Bonchev–Trinajstić information content (AvgIpc) is 3.18. The molecule has 0 radical (unpaired) electrons. The van der Waals surface area contributed by atoms with Gasteiger partial charge in [0.2, 0.25) is 0 Å². The SMILES string of the molecule is CC(C)c1[nH]ncc1Cc1ccc(OCCCCOCc2ccccc2)cc1. The van der Waals surface area contributed by atoms with Gasteiger partial charge in [0.1, 0.15) is 5.75 Å². The van der Waals surface area contributed by atoms with Gasteiger partial charge in [0.05, 0.1) is 19.4 Å². The molecular formula is C24H30N2O2. The van der Waals surface area contributed by atoms with Crippen molar-refractivity contribution in [3.05, 3.63) is 83.2 Å². The number of nitrogens with zero attached hydrogens (tertiary/aromatic N) is 1. The predicted octanol–water partition coefficient (Wildman–Crippen LogP) is 5.50. The Labute approximate surface area is 167 Å². The van der Waals surface area contributed by atoms with Crippen LogP contribution < -0.4 is 4.74 Å². The highest BCUT2D eigenvalue weighted by molar-refractivity contribution is 5.32. The quantitative estimate of drug-likeness (QED) is 0.448. The Morgan fingerprint density at radius 1 is 0.893 bits per heavy atom. The second kappa shape index (κ2) is 10.7. The molecule has 3 aromatic rings. The molecule has 0 saturated heterocycles. The van der Waals surface area contributed by atoms with E-state index >= 15 is 0 Å². The van der Waals surface area contributed by atoms with Gasteiger partial charge < -0.3 is 9.47 Å². The van der Waals surface area contributed by atoms with E-state index in [2.05, 4.69) is 60.4 Å². The topological polar surface area (TPSA) is 47.1 Å². The van der Waals surface area contributed by atoms with Crippen LogP contribution >= 0.6 is 0 Å². The molecule has 0 amide bonds. The largest absolute Gasteiger partial charge is 0.494 e. The van der Waals surface area contributed by atoms with Gasteiger partial charge in [-0.2, -0.15) is 5.10 Å². The zero-order chi connectivity index (χ0) is 19.6. The molecule has 4 heteroatoms. The van der Waals surface area contributed by atoms with Crippen LogP contribution in [0.4, 0.5) is 0 Å². The van der Waals surface area contributed by atoms with Gasteiger partial charge in [-0.25, -0.2) is 0 Å². The molecule has 1 N–H and O–H groups in total. The maximum absolute atomic E-state index is 5.85. The third-order valence-corrected chi connectivity index (χ3v) is 4.71. The van der Waals surface area contributed by atoms with Crippen molar-refractivity contribution >= 4 is 0 Å². The molecule has 0 aliphatic carbocycles. The Kier molecular flexibility index (Phi) is 7.68. The number of rotatable bonds is 11. The number of nitrogens with one attached hydrogen (secondary N) is 1. The molecule has 2 aromatic carbocycles. The van der Waals surface area contributed by atoms with Crippen LogP contribution in [0.1, 0.15) is 55.0 Å². The minimum atomic E-state index is 0.455. The van der Waals surface area contributed by atoms with Crippen molar-refractivity contribution < 1.29 is 9.47 Å². The Balaban J connectivity index is 1.33. The number of ether oxygens (including phenoxy) is 2. The molecule has 0 spiro atoms. The smallest absolute Gasteiger partial charge is 0.119 e. The Morgan fingerprint density at radius 3 is 2.39 bits per heavy atom. The van der Waals surface area contributed by atoms with E-state index in [0.29, 0.717) is 19.1 Å². The van der Waals surface area contributed by atoms with Gasteiger partial charge in [0.15, 0.2) is 0 Å². The van der Waals surface area contributed by atoms with E-state index in [1.807, 2.05) is 24.4 Å². The summed E-state index contributed by atoms with van der Waals surface area (Å²) in [7, 11) is 0. The van der Waals surface area contributed by atoms with E-state index in [4.69, 9.17) is 9.47 Å².